The van der Waals surface area contributed by atoms with Gasteiger partial charge in [-0.15, -0.1) is 6.58 Å². The highest BCUT2D eigenvalue weighted by Crippen LogP contribution is 2.24. The first-order valence-electron chi connectivity index (χ1n) is 8.44. The van der Waals surface area contributed by atoms with E-state index in [1.807, 2.05) is 31.2 Å². The summed E-state index contributed by atoms with van der Waals surface area (Å²) in [6, 6.07) is 7.48. The summed E-state index contributed by atoms with van der Waals surface area (Å²) in [5.74, 6) is -1.01. The number of ether oxygens (including phenoxy) is 3. The summed E-state index contributed by atoms with van der Waals surface area (Å²) in [4.78, 5) is 29.0. The van der Waals surface area contributed by atoms with Crippen molar-refractivity contribution in [2.24, 2.45) is 0 Å². The maximum absolute atomic E-state index is 12.4. The van der Waals surface area contributed by atoms with Crippen LogP contribution in [0.1, 0.15) is 35.5 Å². The molecule has 0 amide bonds. The third-order valence-electron chi connectivity index (χ3n) is 3.85. The molecule has 1 aromatic carbocycles. The van der Waals surface area contributed by atoms with E-state index < -0.39 is 18.0 Å². The topological polar surface area (TPSA) is 74.7 Å². The summed E-state index contributed by atoms with van der Waals surface area (Å²) in [6.45, 7) is 9.05. The summed E-state index contributed by atoms with van der Waals surface area (Å²) < 4.78 is 15.7. The molecule has 0 saturated heterocycles. The molecule has 0 aliphatic rings. The predicted octanol–water partition coefficient (Wildman–Crippen LogP) is 3.35. The van der Waals surface area contributed by atoms with Gasteiger partial charge in [-0.3, -0.25) is 0 Å². The van der Waals surface area contributed by atoms with Crippen LogP contribution in [-0.2, 0) is 25.6 Å². The van der Waals surface area contributed by atoms with Gasteiger partial charge in [-0.2, -0.15) is 0 Å². The molecular weight excluding hydrogens is 334 g/mol. The Morgan fingerprint density at radius 2 is 2.00 bits per heavy atom. The third kappa shape index (κ3) is 4.46. The van der Waals surface area contributed by atoms with Crippen molar-refractivity contribution in [3.8, 4) is 0 Å². The predicted molar refractivity (Wildman–Crippen MR) is 97.8 cm³/mol. The van der Waals surface area contributed by atoms with Crippen molar-refractivity contribution in [2.75, 3.05) is 13.2 Å². The van der Waals surface area contributed by atoms with Crippen LogP contribution in [0.15, 0.2) is 36.9 Å². The van der Waals surface area contributed by atoms with Gasteiger partial charge in [0.1, 0.15) is 6.61 Å². The lowest BCUT2D eigenvalue weighted by molar-refractivity contribution is -0.156. The number of carbonyl (C=O) groups is 2. The first-order chi connectivity index (χ1) is 12.5. The standard InChI is InChI=1S/C20H23NO5/c1-5-11-25-14(4)19(22)26-12-17-18(20(23)24-6-2)13(3)15-9-7-8-10-16(15)21-17/h5,7-10,14H,1,6,11-12H2,2-4H3. The van der Waals surface area contributed by atoms with E-state index >= 15 is 0 Å². The lowest BCUT2D eigenvalue weighted by atomic mass is 10.0. The lowest BCUT2D eigenvalue weighted by Gasteiger charge is -2.15. The van der Waals surface area contributed by atoms with Crippen LogP contribution in [0.3, 0.4) is 0 Å². The van der Waals surface area contributed by atoms with Crippen LogP contribution in [0, 0.1) is 6.92 Å². The second-order valence-electron chi connectivity index (χ2n) is 5.67. The van der Waals surface area contributed by atoms with Gasteiger partial charge in [0.2, 0.25) is 0 Å². The van der Waals surface area contributed by atoms with Gasteiger partial charge >= 0.3 is 11.9 Å². The number of benzene rings is 1. The highest BCUT2D eigenvalue weighted by molar-refractivity contribution is 5.98. The average Bonchev–Trinajstić information content (AvgIpc) is 2.64. The summed E-state index contributed by atoms with van der Waals surface area (Å²) in [7, 11) is 0. The van der Waals surface area contributed by atoms with Crippen LogP contribution < -0.4 is 0 Å². The smallest absolute Gasteiger partial charge is 0.340 e. The number of aromatic nitrogens is 1. The number of pyridine rings is 1. The SMILES string of the molecule is C=CCOC(C)C(=O)OCc1nc2ccccc2c(C)c1C(=O)OCC. The van der Waals surface area contributed by atoms with Crippen LogP contribution in [0.2, 0.25) is 0 Å². The zero-order valence-corrected chi connectivity index (χ0v) is 15.3. The van der Waals surface area contributed by atoms with Gasteiger partial charge < -0.3 is 14.2 Å². The van der Waals surface area contributed by atoms with Crippen molar-refractivity contribution in [3.05, 3.63) is 53.7 Å². The number of hydrogen-bond acceptors (Lipinski definition) is 6. The molecule has 1 aromatic heterocycles. The Hall–Kier alpha value is -2.73. The lowest BCUT2D eigenvalue weighted by Crippen LogP contribution is -2.24. The van der Waals surface area contributed by atoms with E-state index in [4.69, 9.17) is 14.2 Å². The molecule has 0 fully saturated rings. The van der Waals surface area contributed by atoms with Gasteiger partial charge in [-0.05, 0) is 32.4 Å². The van der Waals surface area contributed by atoms with Crippen LogP contribution in [0.25, 0.3) is 10.9 Å². The molecule has 0 aliphatic heterocycles. The van der Waals surface area contributed by atoms with E-state index in [9.17, 15) is 9.59 Å². The molecule has 138 valence electrons. The van der Waals surface area contributed by atoms with Crippen LogP contribution in [0.4, 0.5) is 0 Å². The van der Waals surface area contributed by atoms with E-state index in [2.05, 4.69) is 11.6 Å². The fraction of sp³-hybridized carbons (Fsp3) is 0.350. The molecule has 0 bridgehead atoms. The molecule has 0 N–H and O–H groups in total. The van der Waals surface area contributed by atoms with E-state index in [-0.39, 0.29) is 19.8 Å². The second-order valence-corrected chi connectivity index (χ2v) is 5.67. The highest BCUT2D eigenvalue weighted by atomic mass is 16.6. The molecule has 6 nitrogen and oxygen atoms in total. The fourth-order valence-corrected chi connectivity index (χ4v) is 2.56. The van der Waals surface area contributed by atoms with Crippen LogP contribution in [0.5, 0.6) is 0 Å². The molecule has 1 heterocycles. The molecule has 2 aromatic rings. The van der Waals surface area contributed by atoms with Crippen molar-refractivity contribution >= 4 is 22.8 Å². The van der Waals surface area contributed by atoms with Crippen LogP contribution >= 0.6 is 0 Å². The zero-order chi connectivity index (χ0) is 19.1. The number of fused-ring (bicyclic) bond motifs is 1. The number of esters is 2. The molecule has 2 rings (SSSR count). The molecule has 1 atom stereocenters. The van der Waals surface area contributed by atoms with Gasteiger partial charge in [-0.1, -0.05) is 24.3 Å². The Morgan fingerprint density at radius 1 is 1.27 bits per heavy atom. The normalized spacial score (nSPS) is 11.8. The van der Waals surface area contributed by atoms with Gasteiger partial charge in [0.05, 0.1) is 30.0 Å². The second kappa shape index (κ2) is 9.10. The molecule has 1 unspecified atom stereocenters. The maximum Gasteiger partial charge on any atom is 0.340 e. The van der Waals surface area contributed by atoms with Crippen molar-refractivity contribution < 1.29 is 23.8 Å². The molecule has 6 heteroatoms. The Labute approximate surface area is 152 Å². The summed E-state index contributed by atoms with van der Waals surface area (Å²) >= 11 is 0. The third-order valence-corrected chi connectivity index (χ3v) is 3.85. The quantitative estimate of drug-likeness (QED) is 0.533. The number of nitrogens with zero attached hydrogens (tertiary/aromatic N) is 1. The molecule has 0 aliphatic carbocycles. The Balaban J connectivity index is 2.32. The Morgan fingerprint density at radius 3 is 2.69 bits per heavy atom. The fourth-order valence-electron chi connectivity index (χ4n) is 2.56. The molecule has 0 spiro atoms. The van der Waals surface area contributed by atoms with Crippen molar-refractivity contribution in [2.45, 2.75) is 33.5 Å². The monoisotopic (exact) mass is 357 g/mol. The van der Waals surface area contributed by atoms with Gasteiger partial charge in [0.25, 0.3) is 0 Å². The van der Waals surface area contributed by atoms with Crippen LogP contribution in [-0.4, -0.2) is 36.2 Å². The molecule has 26 heavy (non-hydrogen) atoms. The minimum atomic E-state index is -0.736. The minimum Gasteiger partial charge on any atom is -0.462 e. The number of rotatable bonds is 8. The number of para-hydroxylation sites is 1. The minimum absolute atomic E-state index is 0.138. The summed E-state index contributed by atoms with van der Waals surface area (Å²) in [5, 5.41) is 0.855. The zero-order valence-electron chi connectivity index (χ0n) is 15.3. The van der Waals surface area contributed by atoms with E-state index in [1.54, 1.807) is 19.9 Å². The van der Waals surface area contributed by atoms with Gasteiger partial charge in [-0.25, -0.2) is 14.6 Å². The van der Waals surface area contributed by atoms with Crippen molar-refractivity contribution in [1.82, 2.24) is 4.98 Å². The number of hydrogen-bond donors (Lipinski definition) is 0. The largest absolute Gasteiger partial charge is 0.462 e. The number of aryl methyl sites for hydroxylation is 1. The molecule has 0 saturated carbocycles. The summed E-state index contributed by atoms with van der Waals surface area (Å²) in [5.41, 5.74) is 2.16. The van der Waals surface area contributed by atoms with Crippen molar-refractivity contribution in [3.63, 3.8) is 0 Å². The van der Waals surface area contributed by atoms with E-state index in [0.29, 0.717) is 11.3 Å². The highest BCUT2D eigenvalue weighted by Gasteiger charge is 2.22. The van der Waals surface area contributed by atoms with Gasteiger partial charge in [0, 0.05) is 5.39 Å². The number of carbonyl (C=O) groups excluding carboxylic acids is 2. The van der Waals surface area contributed by atoms with E-state index in [1.165, 1.54) is 0 Å². The van der Waals surface area contributed by atoms with E-state index in [0.717, 1.165) is 16.5 Å². The summed E-state index contributed by atoms with van der Waals surface area (Å²) in [6.07, 6.45) is 0.817. The van der Waals surface area contributed by atoms with Crippen molar-refractivity contribution in [1.29, 1.82) is 0 Å². The van der Waals surface area contributed by atoms with Gasteiger partial charge in [0.15, 0.2) is 6.10 Å². The Bertz CT molecular complexity index is 815. The first kappa shape index (κ1) is 19.6. The molecule has 0 radical (unpaired) electrons. The maximum atomic E-state index is 12.4. The molecular formula is C20H23NO5. The average molecular weight is 357 g/mol. The Kier molecular flexibility index (Phi) is 6.86. The first-order valence-corrected chi connectivity index (χ1v) is 8.44.